The summed E-state index contributed by atoms with van der Waals surface area (Å²) in [5.74, 6) is 0.258. The zero-order chi connectivity index (χ0) is 23.0. The maximum Gasteiger partial charge on any atom is 0.410 e. The molecule has 1 unspecified atom stereocenters. The summed E-state index contributed by atoms with van der Waals surface area (Å²) in [6, 6.07) is 9.17. The summed E-state index contributed by atoms with van der Waals surface area (Å²) < 4.78 is 5.58. The van der Waals surface area contributed by atoms with Crippen LogP contribution in [0.15, 0.2) is 24.3 Å². The van der Waals surface area contributed by atoms with Gasteiger partial charge in [-0.3, -0.25) is 4.79 Å². The largest absolute Gasteiger partial charge is 0.444 e. The molecule has 1 heterocycles. The molecule has 31 heavy (non-hydrogen) atoms. The van der Waals surface area contributed by atoms with E-state index in [0.29, 0.717) is 36.7 Å². The number of nitriles is 1. The highest BCUT2D eigenvalue weighted by Crippen LogP contribution is 2.21. The molecular weight excluding hydrogens is 392 g/mol. The van der Waals surface area contributed by atoms with Gasteiger partial charge in [-0.2, -0.15) is 5.26 Å². The van der Waals surface area contributed by atoms with Crippen LogP contribution in [0.2, 0.25) is 0 Å². The third-order valence-corrected chi connectivity index (χ3v) is 5.29. The van der Waals surface area contributed by atoms with Crippen LogP contribution in [0.4, 0.5) is 10.5 Å². The molecule has 1 aromatic carbocycles. The fourth-order valence-corrected chi connectivity index (χ4v) is 3.76. The average molecular weight is 429 g/mol. The summed E-state index contributed by atoms with van der Waals surface area (Å²) in [5.41, 5.74) is 0.502. The Bertz CT molecular complexity index is 795. The first-order valence-corrected chi connectivity index (χ1v) is 11.1. The first kappa shape index (κ1) is 24.7. The quantitative estimate of drug-likeness (QED) is 0.702. The number of nitrogens with zero attached hydrogens (tertiary/aromatic N) is 3. The molecule has 7 nitrogen and oxygen atoms in total. The van der Waals surface area contributed by atoms with Crippen LogP contribution in [-0.2, 0) is 9.53 Å². The molecule has 1 aliphatic rings. The van der Waals surface area contributed by atoms with Gasteiger partial charge in [-0.05, 0) is 72.1 Å². The smallest absolute Gasteiger partial charge is 0.410 e. The van der Waals surface area contributed by atoms with Gasteiger partial charge in [0, 0.05) is 32.1 Å². The van der Waals surface area contributed by atoms with Crippen LogP contribution >= 0.6 is 0 Å². The number of carbonyl (C=O) groups is 2. The minimum Gasteiger partial charge on any atom is -0.444 e. The van der Waals surface area contributed by atoms with E-state index in [1.54, 1.807) is 24.3 Å². The van der Waals surface area contributed by atoms with Crippen molar-refractivity contribution >= 4 is 17.7 Å². The summed E-state index contributed by atoms with van der Waals surface area (Å²) in [6.45, 7) is 12.8. The second kappa shape index (κ2) is 11.1. The minimum absolute atomic E-state index is 0.0659. The molecule has 1 fully saturated rings. The maximum atomic E-state index is 12.6. The fourth-order valence-electron chi connectivity index (χ4n) is 3.76. The molecule has 0 aromatic heterocycles. The number of anilines is 1. The van der Waals surface area contributed by atoms with Gasteiger partial charge in [-0.1, -0.05) is 12.1 Å². The van der Waals surface area contributed by atoms with E-state index >= 15 is 0 Å². The third-order valence-electron chi connectivity index (χ3n) is 5.29. The highest BCUT2D eigenvalue weighted by molar-refractivity contribution is 5.92. The van der Waals surface area contributed by atoms with Crippen molar-refractivity contribution in [3.8, 4) is 6.07 Å². The number of amides is 2. The van der Waals surface area contributed by atoms with Crippen LogP contribution in [0.5, 0.6) is 0 Å². The molecule has 0 saturated carbocycles. The summed E-state index contributed by atoms with van der Waals surface area (Å²) in [4.78, 5) is 29.1. The number of likely N-dealkylation sites (tertiary alicyclic amines) is 1. The summed E-state index contributed by atoms with van der Waals surface area (Å²) in [5, 5.41) is 12.0. The molecule has 0 aliphatic carbocycles. The number of benzene rings is 1. The average Bonchev–Trinajstić information content (AvgIpc) is 2.69. The van der Waals surface area contributed by atoms with Gasteiger partial charge in [0.1, 0.15) is 11.7 Å². The van der Waals surface area contributed by atoms with Gasteiger partial charge in [0.05, 0.1) is 11.3 Å². The predicted molar refractivity (Wildman–Crippen MR) is 122 cm³/mol. The van der Waals surface area contributed by atoms with Crippen molar-refractivity contribution in [2.75, 3.05) is 31.5 Å². The lowest BCUT2D eigenvalue weighted by atomic mass is 9.97. The van der Waals surface area contributed by atoms with E-state index in [-0.39, 0.29) is 18.0 Å². The molecular formula is C24H36N4O3. The zero-order valence-corrected chi connectivity index (χ0v) is 19.5. The van der Waals surface area contributed by atoms with E-state index in [1.165, 1.54) is 0 Å². The number of hydrogen-bond acceptors (Lipinski definition) is 5. The van der Waals surface area contributed by atoms with Crippen LogP contribution in [0.25, 0.3) is 0 Å². The van der Waals surface area contributed by atoms with Gasteiger partial charge < -0.3 is 19.9 Å². The molecule has 2 amide bonds. The Morgan fingerprint density at radius 3 is 2.68 bits per heavy atom. The second-order valence-electron chi connectivity index (χ2n) is 9.49. The number of piperidine rings is 1. The molecule has 170 valence electrons. The van der Waals surface area contributed by atoms with Crippen molar-refractivity contribution in [2.24, 2.45) is 5.92 Å². The Kier molecular flexibility index (Phi) is 8.88. The number of ether oxygens (including phenoxy) is 1. The Morgan fingerprint density at radius 2 is 2.03 bits per heavy atom. The number of carbonyl (C=O) groups excluding carboxylic acids is 2. The zero-order valence-electron chi connectivity index (χ0n) is 19.5. The molecule has 0 radical (unpaired) electrons. The van der Waals surface area contributed by atoms with Crippen molar-refractivity contribution < 1.29 is 14.3 Å². The summed E-state index contributed by atoms with van der Waals surface area (Å²) in [6.07, 6.45) is 2.20. The van der Waals surface area contributed by atoms with E-state index < -0.39 is 5.60 Å². The van der Waals surface area contributed by atoms with Crippen LogP contribution < -0.4 is 5.32 Å². The van der Waals surface area contributed by atoms with Crippen molar-refractivity contribution in [3.05, 3.63) is 29.8 Å². The van der Waals surface area contributed by atoms with Crippen LogP contribution in [-0.4, -0.2) is 59.6 Å². The SMILES string of the molecule is CC(C)N(CC1CCCN(CCC(=O)Nc2ccccc2C#N)C1)C(=O)OC(C)(C)C. The molecule has 7 heteroatoms. The number of para-hydroxylation sites is 1. The Labute approximate surface area is 186 Å². The normalized spacial score (nSPS) is 17.1. The van der Waals surface area contributed by atoms with Gasteiger partial charge >= 0.3 is 6.09 Å². The third kappa shape index (κ3) is 8.22. The Balaban J connectivity index is 1.86. The van der Waals surface area contributed by atoms with Gasteiger partial charge in [0.15, 0.2) is 0 Å². The Hall–Kier alpha value is -2.59. The van der Waals surface area contributed by atoms with Crippen LogP contribution in [0.3, 0.4) is 0 Å². The van der Waals surface area contributed by atoms with Crippen LogP contribution in [0.1, 0.15) is 59.4 Å². The molecule has 1 atom stereocenters. The standard InChI is InChI=1S/C24H36N4O3/c1-18(2)28(23(30)31-24(3,4)5)17-19-9-8-13-27(16-19)14-12-22(29)26-21-11-7-6-10-20(21)15-25/h6-7,10-11,18-19H,8-9,12-14,16-17H2,1-5H3,(H,26,29). The van der Waals surface area contributed by atoms with Crippen molar-refractivity contribution in [3.63, 3.8) is 0 Å². The van der Waals surface area contributed by atoms with Gasteiger partial charge in [0.25, 0.3) is 0 Å². The molecule has 1 N–H and O–H groups in total. The van der Waals surface area contributed by atoms with Gasteiger partial charge in [-0.15, -0.1) is 0 Å². The first-order valence-electron chi connectivity index (χ1n) is 11.1. The predicted octanol–water partition coefficient (Wildman–Crippen LogP) is 4.24. The maximum absolute atomic E-state index is 12.6. The monoisotopic (exact) mass is 428 g/mol. The lowest BCUT2D eigenvalue weighted by Crippen LogP contribution is -2.47. The fraction of sp³-hybridized carbons (Fsp3) is 0.625. The van der Waals surface area contributed by atoms with Gasteiger partial charge in [0.2, 0.25) is 5.91 Å². The lowest BCUT2D eigenvalue weighted by molar-refractivity contribution is -0.116. The molecule has 1 aliphatic heterocycles. The summed E-state index contributed by atoms with van der Waals surface area (Å²) in [7, 11) is 0. The molecule has 0 bridgehead atoms. The molecule has 1 aromatic rings. The highest BCUT2D eigenvalue weighted by Gasteiger charge is 2.29. The second-order valence-corrected chi connectivity index (χ2v) is 9.49. The first-order chi connectivity index (χ1) is 14.6. The highest BCUT2D eigenvalue weighted by atomic mass is 16.6. The van der Waals surface area contributed by atoms with Crippen LogP contribution in [0, 0.1) is 17.2 Å². The van der Waals surface area contributed by atoms with Gasteiger partial charge in [-0.25, -0.2) is 4.79 Å². The Morgan fingerprint density at radius 1 is 1.32 bits per heavy atom. The van der Waals surface area contributed by atoms with E-state index in [2.05, 4.69) is 16.3 Å². The summed E-state index contributed by atoms with van der Waals surface area (Å²) >= 11 is 0. The van der Waals surface area contributed by atoms with Crippen molar-refractivity contribution in [1.82, 2.24) is 9.80 Å². The van der Waals surface area contributed by atoms with E-state index in [0.717, 1.165) is 25.9 Å². The number of rotatable bonds is 7. The molecule has 1 saturated heterocycles. The number of hydrogen-bond donors (Lipinski definition) is 1. The lowest BCUT2D eigenvalue weighted by Gasteiger charge is -2.37. The number of nitrogens with one attached hydrogen (secondary N) is 1. The van der Waals surface area contributed by atoms with Crippen molar-refractivity contribution in [1.29, 1.82) is 5.26 Å². The van der Waals surface area contributed by atoms with Crippen molar-refractivity contribution in [2.45, 2.75) is 65.5 Å². The molecule has 0 spiro atoms. The van der Waals surface area contributed by atoms with E-state index in [9.17, 15) is 9.59 Å². The van der Waals surface area contributed by atoms with E-state index in [4.69, 9.17) is 10.00 Å². The topological polar surface area (TPSA) is 85.7 Å². The van der Waals surface area contributed by atoms with E-state index in [1.807, 2.05) is 39.5 Å². The molecule has 2 rings (SSSR count). The minimum atomic E-state index is -0.514.